The molecule has 1 heterocycles. The number of aliphatic hydroxyl groups excluding tert-OH is 1. The third-order valence-corrected chi connectivity index (χ3v) is 3.66. The van der Waals surface area contributed by atoms with Crippen LogP contribution in [0.25, 0.3) is 0 Å². The Kier molecular flexibility index (Phi) is 7.72. The second-order valence-electron chi connectivity index (χ2n) is 4.57. The van der Waals surface area contributed by atoms with Crippen molar-refractivity contribution in [3.8, 4) is 0 Å². The van der Waals surface area contributed by atoms with Crippen LogP contribution in [0.1, 0.15) is 26.7 Å². The van der Waals surface area contributed by atoms with Gasteiger partial charge in [-0.1, -0.05) is 13.8 Å². The molecule has 0 saturated heterocycles. The van der Waals surface area contributed by atoms with Gasteiger partial charge in [-0.15, -0.1) is 0 Å². The molecule has 112 valence electrons. The lowest BCUT2D eigenvalue weighted by Gasteiger charge is -2.28. The zero-order valence-electron chi connectivity index (χ0n) is 12.0. The van der Waals surface area contributed by atoms with Crippen molar-refractivity contribution in [2.75, 3.05) is 25.0 Å². The fourth-order valence-electron chi connectivity index (χ4n) is 2.14. The first-order valence-corrected chi connectivity index (χ1v) is 7.66. The molecule has 0 radical (unpaired) electrons. The minimum atomic E-state index is -0.111. The van der Waals surface area contributed by atoms with Crippen molar-refractivity contribution >= 4 is 27.7 Å². The number of anilines is 1. The molecule has 5 nitrogen and oxygen atoms in total. The van der Waals surface area contributed by atoms with Gasteiger partial charge >= 0.3 is 0 Å². The summed E-state index contributed by atoms with van der Waals surface area (Å²) in [5.74, 6) is 0.423. The summed E-state index contributed by atoms with van der Waals surface area (Å²) in [6.07, 6.45) is 3.56. The number of nitrogens with zero attached hydrogens (tertiary/aromatic N) is 2. The number of halogens is 1. The lowest BCUT2D eigenvalue weighted by atomic mass is 10.1. The predicted octanol–water partition coefficient (Wildman–Crippen LogP) is 2.27. The number of pyridine rings is 1. The molecule has 1 aromatic rings. The van der Waals surface area contributed by atoms with Crippen molar-refractivity contribution in [2.45, 2.75) is 32.7 Å². The first-order valence-electron chi connectivity index (χ1n) is 6.87. The summed E-state index contributed by atoms with van der Waals surface area (Å²) in [7, 11) is 0. The quantitative estimate of drug-likeness (QED) is 0.759. The molecule has 20 heavy (non-hydrogen) atoms. The number of hydrogen-bond acceptors (Lipinski definition) is 4. The minimum Gasteiger partial charge on any atom is -0.395 e. The van der Waals surface area contributed by atoms with Crippen molar-refractivity contribution in [3.05, 3.63) is 22.8 Å². The Morgan fingerprint density at radius 2 is 2.15 bits per heavy atom. The molecule has 0 unspecified atom stereocenters. The fourth-order valence-corrected chi connectivity index (χ4v) is 2.38. The van der Waals surface area contributed by atoms with Crippen molar-refractivity contribution in [1.29, 1.82) is 0 Å². The molecule has 1 amide bonds. The molecule has 1 aromatic heterocycles. The number of nitrogens with one attached hydrogen (secondary N) is 1. The second-order valence-corrected chi connectivity index (χ2v) is 5.49. The summed E-state index contributed by atoms with van der Waals surface area (Å²) >= 11 is 3.30. The first kappa shape index (κ1) is 17.1. The lowest BCUT2D eigenvalue weighted by Crippen LogP contribution is -2.42. The van der Waals surface area contributed by atoms with Gasteiger partial charge in [0.2, 0.25) is 5.91 Å². The van der Waals surface area contributed by atoms with Crippen LogP contribution in [0.4, 0.5) is 5.82 Å². The average Bonchev–Trinajstić information content (AvgIpc) is 2.43. The number of aromatic nitrogens is 1. The van der Waals surface area contributed by atoms with Crippen LogP contribution in [0.15, 0.2) is 22.8 Å². The lowest BCUT2D eigenvalue weighted by molar-refractivity contribution is -0.118. The zero-order chi connectivity index (χ0) is 15.0. The van der Waals surface area contributed by atoms with Gasteiger partial charge in [0.15, 0.2) is 0 Å². The molecule has 0 aromatic carbocycles. The van der Waals surface area contributed by atoms with Crippen molar-refractivity contribution in [3.63, 3.8) is 0 Å². The summed E-state index contributed by atoms with van der Waals surface area (Å²) in [6, 6.07) is 3.88. The van der Waals surface area contributed by atoms with Crippen LogP contribution in [0, 0.1) is 0 Å². The van der Waals surface area contributed by atoms with Gasteiger partial charge in [-0.2, -0.15) is 0 Å². The van der Waals surface area contributed by atoms with E-state index in [2.05, 4.69) is 40.1 Å². The molecule has 2 N–H and O–H groups in total. The maximum atomic E-state index is 12.0. The topological polar surface area (TPSA) is 65.5 Å². The van der Waals surface area contributed by atoms with Gasteiger partial charge in [0.25, 0.3) is 0 Å². The number of carbonyl (C=O) groups is 1. The van der Waals surface area contributed by atoms with Gasteiger partial charge < -0.3 is 10.4 Å². The second kappa shape index (κ2) is 9.05. The van der Waals surface area contributed by atoms with Crippen LogP contribution in [-0.4, -0.2) is 46.6 Å². The van der Waals surface area contributed by atoms with E-state index in [-0.39, 0.29) is 19.1 Å². The van der Waals surface area contributed by atoms with Crippen LogP contribution in [0.5, 0.6) is 0 Å². The molecule has 0 atom stereocenters. The van der Waals surface area contributed by atoms with E-state index in [4.69, 9.17) is 5.11 Å². The smallest absolute Gasteiger partial charge is 0.239 e. The van der Waals surface area contributed by atoms with Gasteiger partial charge in [-0.3, -0.25) is 9.69 Å². The van der Waals surface area contributed by atoms with E-state index in [0.717, 1.165) is 17.3 Å². The van der Waals surface area contributed by atoms with Crippen LogP contribution in [0.2, 0.25) is 0 Å². The summed E-state index contributed by atoms with van der Waals surface area (Å²) in [4.78, 5) is 18.2. The van der Waals surface area contributed by atoms with E-state index in [1.807, 2.05) is 11.0 Å². The third kappa shape index (κ3) is 5.56. The highest BCUT2D eigenvalue weighted by atomic mass is 79.9. The molecule has 0 bridgehead atoms. The molecule has 6 heteroatoms. The first-order chi connectivity index (χ1) is 9.60. The molecule has 0 aliphatic heterocycles. The summed E-state index contributed by atoms with van der Waals surface area (Å²) < 4.78 is 0.870. The van der Waals surface area contributed by atoms with Gasteiger partial charge in [0, 0.05) is 23.3 Å². The number of carbonyl (C=O) groups excluding carboxylic acids is 1. The molecule has 0 fully saturated rings. The molecule has 0 aliphatic rings. The monoisotopic (exact) mass is 343 g/mol. The molecule has 0 saturated carbocycles. The minimum absolute atomic E-state index is 0.0559. The van der Waals surface area contributed by atoms with E-state index in [0.29, 0.717) is 18.4 Å². The van der Waals surface area contributed by atoms with Crippen LogP contribution >= 0.6 is 15.9 Å². The number of aliphatic hydroxyl groups is 1. The predicted molar refractivity (Wildman–Crippen MR) is 83.6 cm³/mol. The highest BCUT2D eigenvalue weighted by molar-refractivity contribution is 9.10. The standard InChI is InChI=1S/C14H22BrN3O2/c1-3-12(4-2)18(7-8-19)10-14(20)17-13-6-5-11(15)9-16-13/h5-6,9,12,19H,3-4,7-8,10H2,1-2H3,(H,16,17,20). The van der Waals surface area contributed by atoms with Crippen LogP contribution in [-0.2, 0) is 4.79 Å². The summed E-state index contributed by atoms with van der Waals surface area (Å²) in [5.41, 5.74) is 0. The Hall–Kier alpha value is -0.980. The molecule has 1 rings (SSSR count). The summed E-state index contributed by atoms with van der Waals surface area (Å²) in [5, 5.41) is 11.9. The van der Waals surface area contributed by atoms with E-state index in [1.54, 1.807) is 12.3 Å². The molecule has 0 aliphatic carbocycles. The van der Waals surface area contributed by atoms with Crippen LogP contribution < -0.4 is 5.32 Å². The molecular weight excluding hydrogens is 322 g/mol. The van der Waals surface area contributed by atoms with Gasteiger partial charge in [0.1, 0.15) is 5.82 Å². The Labute approximate surface area is 128 Å². The highest BCUT2D eigenvalue weighted by Gasteiger charge is 2.17. The molecule has 0 spiro atoms. The van der Waals surface area contributed by atoms with Gasteiger partial charge in [-0.25, -0.2) is 4.98 Å². The Morgan fingerprint density at radius 1 is 1.45 bits per heavy atom. The van der Waals surface area contributed by atoms with Gasteiger partial charge in [0.05, 0.1) is 13.2 Å². The maximum absolute atomic E-state index is 12.0. The largest absolute Gasteiger partial charge is 0.395 e. The SMILES string of the molecule is CCC(CC)N(CCO)CC(=O)Nc1ccc(Br)cn1. The average molecular weight is 344 g/mol. The normalized spacial score (nSPS) is 11.1. The van der Waals surface area contributed by atoms with E-state index >= 15 is 0 Å². The number of rotatable bonds is 8. The number of hydrogen-bond donors (Lipinski definition) is 2. The number of amides is 1. The Morgan fingerprint density at radius 3 is 2.65 bits per heavy atom. The molecular formula is C14H22BrN3O2. The van der Waals surface area contributed by atoms with Crippen molar-refractivity contribution in [2.24, 2.45) is 0 Å². The Balaban J connectivity index is 2.59. The van der Waals surface area contributed by atoms with Crippen LogP contribution in [0.3, 0.4) is 0 Å². The maximum Gasteiger partial charge on any atom is 0.239 e. The van der Waals surface area contributed by atoms with E-state index < -0.39 is 0 Å². The van der Waals surface area contributed by atoms with E-state index in [1.165, 1.54) is 0 Å². The highest BCUT2D eigenvalue weighted by Crippen LogP contribution is 2.11. The fraction of sp³-hybridized carbons (Fsp3) is 0.571. The third-order valence-electron chi connectivity index (χ3n) is 3.19. The van der Waals surface area contributed by atoms with Gasteiger partial charge in [-0.05, 0) is 40.9 Å². The Bertz CT molecular complexity index is 407. The van der Waals surface area contributed by atoms with E-state index in [9.17, 15) is 4.79 Å². The van der Waals surface area contributed by atoms with Crippen molar-refractivity contribution in [1.82, 2.24) is 9.88 Å². The van der Waals surface area contributed by atoms with Crippen molar-refractivity contribution < 1.29 is 9.90 Å². The zero-order valence-corrected chi connectivity index (χ0v) is 13.6. The summed E-state index contributed by atoms with van der Waals surface area (Å²) in [6.45, 7) is 5.01.